The van der Waals surface area contributed by atoms with Crippen LogP contribution in [0, 0.1) is 12.7 Å². The zero-order valence-electron chi connectivity index (χ0n) is 25.7. The summed E-state index contributed by atoms with van der Waals surface area (Å²) < 4.78 is 131. The van der Waals surface area contributed by atoms with Gasteiger partial charge in [-0.05, 0) is 73.5 Å². The average molecular weight is 714 g/mol. The van der Waals surface area contributed by atoms with E-state index in [9.17, 15) is 45.0 Å². The molecule has 1 unspecified atom stereocenters. The van der Waals surface area contributed by atoms with Gasteiger partial charge >= 0.3 is 12.5 Å². The predicted molar refractivity (Wildman–Crippen MR) is 161 cm³/mol. The van der Waals surface area contributed by atoms with Crippen molar-refractivity contribution in [1.82, 2.24) is 14.5 Å². The normalized spacial score (nSPS) is 13.1. The minimum atomic E-state index is -4.97. The first-order valence-corrected chi connectivity index (χ1v) is 16.1. The van der Waals surface area contributed by atoms with Gasteiger partial charge in [0.2, 0.25) is 0 Å². The average Bonchev–Trinajstić information content (AvgIpc) is 3.58. The zero-order chi connectivity index (χ0) is 36.1. The molecule has 0 amide bonds. The Morgan fingerprint density at radius 1 is 0.959 bits per heavy atom. The molecule has 1 atom stereocenters. The minimum Gasteiger partial charge on any atom is -0.440 e. The molecule has 3 aromatic carbocycles. The fourth-order valence-corrected chi connectivity index (χ4v) is 6.07. The summed E-state index contributed by atoms with van der Waals surface area (Å²) in [4.78, 5) is 7.62. The number of aromatic nitrogens is 3. The molecular formula is C32H26F7N3O6S. The molecule has 0 saturated carbocycles. The van der Waals surface area contributed by atoms with Crippen LogP contribution in [-0.4, -0.2) is 51.9 Å². The fourth-order valence-electron chi connectivity index (χ4n) is 5.12. The van der Waals surface area contributed by atoms with E-state index < -0.39 is 62.8 Å². The first-order chi connectivity index (χ1) is 22.7. The van der Waals surface area contributed by atoms with Crippen molar-refractivity contribution in [2.75, 3.05) is 6.26 Å². The fraction of sp³-hybridized carbons (Fsp3) is 0.250. The van der Waals surface area contributed by atoms with Gasteiger partial charge in [0.05, 0.1) is 29.7 Å². The number of hydrogen-bond acceptors (Lipinski definition) is 8. The highest BCUT2D eigenvalue weighted by molar-refractivity contribution is 7.90. The first kappa shape index (κ1) is 35.6. The van der Waals surface area contributed by atoms with Crippen LogP contribution in [-0.2, 0) is 29.0 Å². The molecule has 2 heterocycles. The van der Waals surface area contributed by atoms with Gasteiger partial charge in [0.1, 0.15) is 23.1 Å². The highest BCUT2D eigenvalue weighted by atomic mass is 32.2. The Kier molecular flexibility index (Phi) is 9.39. The summed E-state index contributed by atoms with van der Waals surface area (Å²) in [5.74, 6) is -1.77. The summed E-state index contributed by atoms with van der Waals surface area (Å²) in [6.45, 7) is 1.84. The maximum Gasteiger partial charge on any atom is 0.573 e. The Morgan fingerprint density at radius 2 is 1.61 bits per heavy atom. The summed E-state index contributed by atoms with van der Waals surface area (Å²) in [5.41, 5.74) is -1.23. The topological polar surface area (TPSA) is 128 Å². The third-order valence-corrected chi connectivity index (χ3v) is 8.38. The number of alkyl halides is 6. The SMILES string of the molecule is Cc1nc(C(F)(F)F)cn1-c1ccc(-c2cc(F)c(CO)c(S(C)(=O)=O)c2)cc1-c1nc(CC(C)O)oc1-c1ccc(OC(F)(F)F)cc1. The van der Waals surface area contributed by atoms with Crippen LogP contribution in [0.25, 0.3) is 39.4 Å². The van der Waals surface area contributed by atoms with E-state index in [0.29, 0.717) is 0 Å². The van der Waals surface area contributed by atoms with Crippen LogP contribution in [0.3, 0.4) is 0 Å². The first-order valence-electron chi connectivity index (χ1n) is 14.2. The number of hydrogen-bond donors (Lipinski definition) is 2. The Hall–Kier alpha value is -4.74. The summed E-state index contributed by atoms with van der Waals surface area (Å²) >= 11 is 0. The van der Waals surface area contributed by atoms with E-state index in [2.05, 4.69) is 14.7 Å². The van der Waals surface area contributed by atoms with Crippen LogP contribution in [0.5, 0.6) is 5.75 Å². The minimum absolute atomic E-state index is 0.0177. The van der Waals surface area contributed by atoms with Crippen LogP contribution in [0.2, 0.25) is 0 Å². The van der Waals surface area contributed by atoms with E-state index in [1.54, 1.807) is 0 Å². The van der Waals surface area contributed by atoms with Crippen LogP contribution in [0.4, 0.5) is 30.7 Å². The molecule has 17 heteroatoms. The number of benzene rings is 3. The number of ether oxygens (including phenoxy) is 1. The lowest BCUT2D eigenvalue weighted by atomic mass is 9.97. The number of oxazole rings is 1. The second-order valence-electron chi connectivity index (χ2n) is 11.0. The van der Waals surface area contributed by atoms with Crippen molar-refractivity contribution in [3.05, 3.63) is 89.6 Å². The van der Waals surface area contributed by atoms with Crippen molar-refractivity contribution in [2.24, 2.45) is 0 Å². The number of sulfone groups is 1. The van der Waals surface area contributed by atoms with Crippen LogP contribution in [0.15, 0.2) is 70.1 Å². The molecular weight excluding hydrogens is 687 g/mol. The molecule has 9 nitrogen and oxygen atoms in total. The van der Waals surface area contributed by atoms with Gasteiger partial charge in [0, 0.05) is 29.1 Å². The lowest BCUT2D eigenvalue weighted by molar-refractivity contribution is -0.274. The number of nitrogens with zero attached hydrogens (tertiary/aromatic N) is 3. The summed E-state index contributed by atoms with van der Waals surface area (Å²) in [6.07, 6.45) is -9.32. The van der Waals surface area contributed by atoms with Gasteiger partial charge in [-0.15, -0.1) is 13.2 Å². The monoisotopic (exact) mass is 713 g/mol. The molecule has 0 aliphatic carbocycles. The molecule has 0 spiro atoms. The van der Waals surface area contributed by atoms with E-state index in [1.165, 1.54) is 44.2 Å². The van der Waals surface area contributed by atoms with E-state index in [0.717, 1.165) is 41.3 Å². The number of aryl methyl sites for hydroxylation is 1. The molecule has 5 rings (SSSR count). The molecule has 0 saturated heterocycles. The third kappa shape index (κ3) is 7.79. The molecule has 0 radical (unpaired) electrons. The maximum atomic E-state index is 15.1. The van der Waals surface area contributed by atoms with Gasteiger partial charge in [-0.25, -0.2) is 22.8 Å². The Bertz CT molecular complexity index is 2120. The number of aliphatic hydroxyl groups excluding tert-OH is 2. The zero-order valence-corrected chi connectivity index (χ0v) is 26.5. The maximum absolute atomic E-state index is 15.1. The van der Waals surface area contributed by atoms with Crippen molar-refractivity contribution in [3.8, 4) is 45.1 Å². The van der Waals surface area contributed by atoms with Crippen molar-refractivity contribution in [3.63, 3.8) is 0 Å². The molecule has 2 aromatic heterocycles. The number of rotatable bonds is 9. The molecule has 260 valence electrons. The molecule has 0 aliphatic rings. The van der Waals surface area contributed by atoms with Crippen LogP contribution >= 0.6 is 0 Å². The predicted octanol–water partition coefficient (Wildman–Crippen LogP) is 7.05. The standard InChI is InChI=1S/C32H26F7N3O6S/c1-16(44)10-28-41-29(30(47-28)18-4-7-21(8-5-18)48-32(37,38)39)22-11-19(20-12-24(33)23(15-43)26(13-20)49(3,45)46)6-9-25(22)42-14-27(31(34,35)36)40-17(42)2/h4-9,11-14,16,43-44H,10,15H2,1-3H3. The molecule has 0 fully saturated rings. The quantitative estimate of drug-likeness (QED) is 0.156. The Balaban J connectivity index is 1.79. The van der Waals surface area contributed by atoms with E-state index in [-0.39, 0.29) is 57.5 Å². The molecule has 0 aliphatic heterocycles. The lowest BCUT2D eigenvalue weighted by Crippen LogP contribution is -2.16. The molecule has 49 heavy (non-hydrogen) atoms. The number of imidazole rings is 1. The molecule has 2 N–H and O–H groups in total. The third-order valence-electron chi connectivity index (χ3n) is 7.22. The Labute approximate surface area is 274 Å². The number of aliphatic hydroxyl groups is 2. The van der Waals surface area contributed by atoms with Crippen molar-refractivity contribution < 1.29 is 58.5 Å². The summed E-state index contributed by atoms with van der Waals surface area (Å²) in [6, 6.07) is 10.7. The van der Waals surface area contributed by atoms with Gasteiger partial charge in [-0.2, -0.15) is 13.2 Å². The van der Waals surface area contributed by atoms with Crippen molar-refractivity contribution >= 4 is 9.84 Å². The number of halogens is 7. The van der Waals surface area contributed by atoms with Crippen LogP contribution in [0.1, 0.15) is 29.9 Å². The van der Waals surface area contributed by atoms with E-state index in [4.69, 9.17) is 4.42 Å². The van der Waals surface area contributed by atoms with Crippen molar-refractivity contribution in [2.45, 2.75) is 50.4 Å². The second-order valence-corrected chi connectivity index (χ2v) is 13.0. The smallest absolute Gasteiger partial charge is 0.440 e. The molecule has 0 bridgehead atoms. The van der Waals surface area contributed by atoms with Gasteiger partial charge in [-0.3, -0.25) is 0 Å². The van der Waals surface area contributed by atoms with Crippen LogP contribution < -0.4 is 4.74 Å². The largest absolute Gasteiger partial charge is 0.573 e. The van der Waals surface area contributed by atoms with E-state index >= 15 is 4.39 Å². The second kappa shape index (κ2) is 12.9. The highest BCUT2D eigenvalue weighted by Crippen LogP contribution is 2.41. The summed E-state index contributed by atoms with van der Waals surface area (Å²) in [5, 5.41) is 19.7. The molecule has 5 aromatic rings. The Morgan fingerprint density at radius 3 is 2.16 bits per heavy atom. The van der Waals surface area contributed by atoms with Gasteiger partial charge < -0.3 is 23.9 Å². The highest BCUT2D eigenvalue weighted by Gasteiger charge is 2.35. The van der Waals surface area contributed by atoms with Gasteiger partial charge in [0.15, 0.2) is 27.2 Å². The summed E-state index contributed by atoms with van der Waals surface area (Å²) in [7, 11) is -4.05. The lowest BCUT2D eigenvalue weighted by Gasteiger charge is -2.15. The van der Waals surface area contributed by atoms with E-state index in [1.807, 2.05) is 0 Å². The van der Waals surface area contributed by atoms with Crippen molar-refractivity contribution in [1.29, 1.82) is 0 Å². The van der Waals surface area contributed by atoms with Gasteiger partial charge in [0.25, 0.3) is 0 Å². The van der Waals surface area contributed by atoms with Gasteiger partial charge in [-0.1, -0.05) is 6.07 Å².